The molecular weight excluding hydrogens is 374 g/mol. The van der Waals surface area contributed by atoms with E-state index in [0.29, 0.717) is 37.6 Å². The zero-order valence-corrected chi connectivity index (χ0v) is 16.2. The molecular formula is C20H21N5O2S. The zero-order valence-electron chi connectivity index (χ0n) is 15.4. The first-order chi connectivity index (χ1) is 13.8. The highest BCUT2D eigenvalue weighted by atomic mass is 32.1. The highest BCUT2D eigenvalue weighted by Gasteiger charge is 2.18. The summed E-state index contributed by atoms with van der Waals surface area (Å²) in [6.45, 7) is 3.50. The third-order valence-corrected chi connectivity index (χ3v) is 5.36. The summed E-state index contributed by atoms with van der Waals surface area (Å²) in [5.41, 5.74) is 2.58. The number of amides is 1. The number of aromatic nitrogens is 3. The molecule has 0 bridgehead atoms. The second kappa shape index (κ2) is 8.90. The summed E-state index contributed by atoms with van der Waals surface area (Å²) in [5, 5.41) is 5.79. The molecule has 2 aromatic heterocycles. The van der Waals surface area contributed by atoms with Gasteiger partial charge in [0.1, 0.15) is 0 Å². The first-order valence-electron chi connectivity index (χ1n) is 9.23. The minimum absolute atomic E-state index is 0.0658. The van der Waals surface area contributed by atoms with Crippen LogP contribution < -0.4 is 10.2 Å². The van der Waals surface area contributed by atoms with Crippen molar-refractivity contribution in [2.45, 2.75) is 6.42 Å². The molecule has 0 unspecified atom stereocenters. The molecule has 1 N–H and O–H groups in total. The molecule has 4 rings (SSSR count). The Kier molecular flexibility index (Phi) is 5.89. The molecule has 7 nitrogen and oxygen atoms in total. The minimum atomic E-state index is -0.0658. The smallest absolute Gasteiger partial charge is 0.253 e. The van der Waals surface area contributed by atoms with E-state index in [4.69, 9.17) is 4.74 Å². The molecule has 0 radical (unpaired) electrons. The number of para-hydroxylation sites is 1. The van der Waals surface area contributed by atoms with Crippen LogP contribution in [-0.4, -0.2) is 53.7 Å². The molecule has 0 spiro atoms. The second-order valence-electron chi connectivity index (χ2n) is 6.34. The lowest BCUT2D eigenvalue weighted by Crippen LogP contribution is -2.38. The van der Waals surface area contributed by atoms with Crippen molar-refractivity contribution in [1.29, 1.82) is 0 Å². The molecule has 0 atom stereocenters. The maximum absolute atomic E-state index is 12.7. The van der Waals surface area contributed by atoms with Gasteiger partial charge in [0.25, 0.3) is 5.91 Å². The molecule has 28 heavy (non-hydrogen) atoms. The molecule has 3 heterocycles. The molecule has 3 aromatic rings. The monoisotopic (exact) mass is 395 g/mol. The number of carbonyl (C=O) groups is 1. The van der Waals surface area contributed by atoms with E-state index in [1.807, 2.05) is 29.6 Å². The Balaban J connectivity index is 1.36. The number of thiazole rings is 1. The van der Waals surface area contributed by atoms with E-state index in [-0.39, 0.29) is 5.91 Å². The lowest BCUT2D eigenvalue weighted by Gasteiger charge is -2.30. The van der Waals surface area contributed by atoms with Gasteiger partial charge in [-0.2, -0.15) is 0 Å². The molecule has 8 heteroatoms. The largest absolute Gasteiger partial charge is 0.378 e. The average molecular weight is 395 g/mol. The van der Waals surface area contributed by atoms with Crippen LogP contribution in [0.4, 0.5) is 5.69 Å². The Hall–Kier alpha value is -2.84. The van der Waals surface area contributed by atoms with Crippen LogP contribution in [0.5, 0.6) is 0 Å². The number of nitrogens with one attached hydrogen (secondary N) is 1. The van der Waals surface area contributed by atoms with Crippen LogP contribution in [0.2, 0.25) is 0 Å². The van der Waals surface area contributed by atoms with E-state index >= 15 is 0 Å². The molecule has 1 aliphatic rings. The standard InChI is InChI=1S/C20H21N5O2S/c26-19(16-4-1-2-5-17(16)25-10-12-27-13-11-25)23-9-6-15-14-28-20(24-15)18-21-7-3-8-22-18/h1-5,7-8,14H,6,9-13H2,(H,23,26). The molecule has 144 valence electrons. The van der Waals surface area contributed by atoms with Gasteiger partial charge in [0.05, 0.1) is 24.5 Å². The van der Waals surface area contributed by atoms with E-state index in [1.165, 1.54) is 11.3 Å². The van der Waals surface area contributed by atoms with Crippen molar-refractivity contribution in [3.8, 4) is 10.8 Å². The van der Waals surface area contributed by atoms with Crippen LogP contribution >= 0.6 is 11.3 Å². The number of benzene rings is 1. The number of anilines is 1. The van der Waals surface area contributed by atoms with Crippen LogP contribution in [0, 0.1) is 0 Å². The summed E-state index contributed by atoms with van der Waals surface area (Å²) in [6, 6.07) is 9.50. The predicted molar refractivity (Wildman–Crippen MR) is 109 cm³/mol. The van der Waals surface area contributed by atoms with Crippen LogP contribution in [0.3, 0.4) is 0 Å². The number of rotatable bonds is 6. The van der Waals surface area contributed by atoms with Gasteiger partial charge in [-0.25, -0.2) is 15.0 Å². The number of ether oxygens (including phenoxy) is 1. The Morgan fingerprint density at radius 2 is 1.93 bits per heavy atom. The van der Waals surface area contributed by atoms with Crippen molar-refractivity contribution in [3.05, 3.63) is 59.4 Å². The van der Waals surface area contributed by atoms with Gasteiger partial charge in [0.15, 0.2) is 10.8 Å². The Morgan fingerprint density at radius 1 is 1.14 bits per heavy atom. The quantitative estimate of drug-likeness (QED) is 0.690. The van der Waals surface area contributed by atoms with Gasteiger partial charge in [0.2, 0.25) is 0 Å². The Morgan fingerprint density at radius 3 is 2.75 bits per heavy atom. The van der Waals surface area contributed by atoms with Gasteiger partial charge in [-0.15, -0.1) is 11.3 Å². The number of nitrogens with zero attached hydrogens (tertiary/aromatic N) is 4. The molecule has 1 aliphatic heterocycles. The fourth-order valence-corrected chi connectivity index (χ4v) is 3.88. The SMILES string of the molecule is O=C(NCCc1csc(-c2ncccn2)n1)c1ccccc1N1CCOCC1. The number of morpholine rings is 1. The van der Waals surface area contributed by atoms with E-state index in [9.17, 15) is 4.79 Å². The molecule has 1 saturated heterocycles. The van der Waals surface area contributed by atoms with E-state index in [0.717, 1.165) is 29.5 Å². The molecule has 1 amide bonds. The maximum Gasteiger partial charge on any atom is 0.253 e. The fourth-order valence-electron chi connectivity index (χ4n) is 3.08. The minimum Gasteiger partial charge on any atom is -0.378 e. The van der Waals surface area contributed by atoms with Gasteiger partial charge < -0.3 is 15.0 Å². The third kappa shape index (κ3) is 4.35. The Labute approximate surface area is 167 Å². The average Bonchev–Trinajstić information content (AvgIpc) is 3.24. The summed E-state index contributed by atoms with van der Waals surface area (Å²) in [4.78, 5) is 27.9. The topological polar surface area (TPSA) is 80.2 Å². The molecule has 1 aromatic carbocycles. The van der Waals surface area contributed by atoms with E-state index in [2.05, 4.69) is 25.2 Å². The van der Waals surface area contributed by atoms with Crippen LogP contribution in [0.15, 0.2) is 48.1 Å². The van der Waals surface area contributed by atoms with Crippen LogP contribution in [0.25, 0.3) is 10.8 Å². The molecule has 0 saturated carbocycles. The van der Waals surface area contributed by atoms with Crippen molar-refractivity contribution >= 4 is 22.9 Å². The lowest BCUT2D eigenvalue weighted by atomic mass is 10.1. The molecule has 1 fully saturated rings. The number of hydrogen-bond donors (Lipinski definition) is 1. The predicted octanol–water partition coefficient (Wildman–Crippen LogP) is 2.41. The zero-order chi connectivity index (χ0) is 19.2. The van der Waals surface area contributed by atoms with Gasteiger partial charge in [0, 0.05) is 49.5 Å². The van der Waals surface area contributed by atoms with E-state index in [1.54, 1.807) is 18.5 Å². The van der Waals surface area contributed by atoms with Gasteiger partial charge in [-0.1, -0.05) is 12.1 Å². The van der Waals surface area contributed by atoms with Crippen molar-refractivity contribution in [1.82, 2.24) is 20.3 Å². The highest BCUT2D eigenvalue weighted by molar-refractivity contribution is 7.13. The van der Waals surface area contributed by atoms with Crippen LogP contribution in [-0.2, 0) is 11.2 Å². The molecule has 0 aliphatic carbocycles. The fraction of sp³-hybridized carbons (Fsp3) is 0.300. The van der Waals surface area contributed by atoms with Crippen molar-refractivity contribution in [2.75, 3.05) is 37.7 Å². The summed E-state index contributed by atoms with van der Waals surface area (Å²) in [7, 11) is 0. The number of hydrogen-bond acceptors (Lipinski definition) is 7. The number of carbonyl (C=O) groups excluding carboxylic acids is 1. The van der Waals surface area contributed by atoms with Gasteiger partial charge in [-0.05, 0) is 18.2 Å². The van der Waals surface area contributed by atoms with Crippen LogP contribution in [0.1, 0.15) is 16.1 Å². The first kappa shape index (κ1) is 18.5. The first-order valence-corrected chi connectivity index (χ1v) is 10.1. The van der Waals surface area contributed by atoms with Crippen molar-refractivity contribution in [3.63, 3.8) is 0 Å². The maximum atomic E-state index is 12.7. The van der Waals surface area contributed by atoms with Gasteiger partial charge in [-0.3, -0.25) is 4.79 Å². The van der Waals surface area contributed by atoms with Crippen molar-refractivity contribution in [2.24, 2.45) is 0 Å². The summed E-state index contributed by atoms with van der Waals surface area (Å²) in [6.07, 6.45) is 4.07. The highest BCUT2D eigenvalue weighted by Crippen LogP contribution is 2.22. The normalized spacial score (nSPS) is 14.1. The van der Waals surface area contributed by atoms with Crippen molar-refractivity contribution < 1.29 is 9.53 Å². The Bertz CT molecular complexity index is 925. The summed E-state index contributed by atoms with van der Waals surface area (Å²) >= 11 is 1.51. The lowest BCUT2D eigenvalue weighted by molar-refractivity contribution is 0.0952. The third-order valence-electron chi connectivity index (χ3n) is 4.48. The van der Waals surface area contributed by atoms with Gasteiger partial charge >= 0.3 is 0 Å². The van der Waals surface area contributed by atoms with E-state index < -0.39 is 0 Å². The summed E-state index contributed by atoms with van der Waals surface area (Å²) in [5.74, 6) is 0.561. The summed E-state index contributed by atoms with van der Waals surface area (Å²) < 4.78 is 5.41. The second-order valence-corrected chi connectivity index (χ2v) is 7.20.